The second kappa shape index (κ2) is 13.4. The van der Waals surface area contributed by atoms with Crippen LogP contribution in [-0.2, 0) is 39.8 Å². The fourth-order valence-electron chi connectivity index (χ4n) is 16.5. The van der Waals surface area contributed by atoms with E-state index in [0.717, 1.165) is 57.3 Å². The molecule has 0 amide bonds. The van der Waals surface area contributed by atoms with Crippen molar-refractivity contribution in [3.05, 3.63) is 35.9 Å². The summed E-state index contributed by atoms with van der Waals surface area (Å²) in [6, 6.07) is 2.44. The number of carbonyl (C=O) groups is 3. The Hall–Kier alpha value is -2.77. The number of nitrogens with one attached hydrogen (secondary N) is 1. The smallest absolute Gasteiger partial charge is 0.339 e. The zero-order valence-electron chi connectivity index (χ0n) is 36.2. The topological polar surface area (TPSA) is 160 Å². The molecule has 60 heavy (non-hydrogen) atoms. The molecule has 4 aliphatic carbocycles. The van der Waals surface area contributed by atoms with Gasteiger partial charge in [-0.25, -0.2) is 4.79 Å². The SMILES string of the molecule is CC(C)CC[C@]1(C)O[C@H]2C3(CCCC3)C(=O)OC[C@]23[C@H]2CC[C@@]4(C)[C@H](c5ccoc5C[C@H](CO)[C@H]5CC[C@@H]6[C@H](C=CN7CNC[C@@H]67)C5)OC(=O)[C@H]5O[C@]54[C@]2(C)[C@H](O)C(=O)[C@@H]31. The van der Waals surface area contributed by atoms with Crippen molar-refractivity contribution >= 4 is 17.7 Å². The third kappa shape index (κ3) is 4.89. The number of aliphatic hydroxyl groups excluding tert-OH is 2. The molecule has 0 unspecified atom stereocenters. The van der Waals surface area contributed by atoms with E-state index in [0.29, 0.717) is 74.0 Å². The highest BCUT2D eigenvalue weighted by Gasteiger charge is 2.92. The molecule has 7 heterocycles. The highest BCUT2D eigenvalue weighted by Crippen LogP contribution is 2.81. The molecule has 328 valence electrons. The average molecular weight is 831 g/mol. The van der Waals surface area contributed by atoms with Gasteiger partial charge in [-0.15, -0.1) is 0 Å². The van der Waals surface area contributed by atoms with Gasteiger partial charge >= 0.3 is 11.9 Å². The summed E-state index contributed by atoms with van der Waals surface area (Å²) in [6.07, 6.45) is 12.0. The van der Waals surface area contributed by atoms with E-state index in [1.54, 1.807) is 6.26 Å². The molecular formula is C48H66N2O10. The van der Waals surface area contributed by atoms with Gasteiger partial charge in [0.05, 0.1) is 36.0 Å². The van der Waals surface area contributed by atoms with E-state index in [9.17, 15) is 19.8 Å². The predicted octanol–water partition coefficient (Wildman–Crippen LogP) is 5.64. The van der Waals surface area contributed by atoms with Crippen molar-refractivity contribution in [1.29, 1.82) is 0 Å². The van der Waals surface area contributed by atoms with Gasteiger partial charge < -0.3 is 38.5 Å². The number of aliphatic hydroxyl groups is 2. The minimum atomic E-state index is -1.44. The first-order valence-corrected chi connectivity index (χ1v) is 23.5. The molecule has 5 saturated heterocycles. The van der Waals surface area contributed by atoms with Crippen LogP contribution in [0.1, 0.15) is 123 Å². The minimum Gasteiger partial charge on any atom is -0.469 e. The Kier molecular flexibility index (Phi) is 8.93. The average Bonchev–Trinajstić information content (AvgIpc) is 3.66. The maximum atomic E-state index is 15.4. The minimum absolute atomic E-state index is 0.0294. The first-order chi connectivity index (χ1) is 28.7. The number of nitrogens with zero attached hydrogens (tertiary/aromatic N) is 1. The number of hydrogen-bond donors (Lipinski definition) is 3. The van der Waals surface area contributed by atoms with Crippen LogP contribution in [0.4, 0.5) is 0 Å². The number of Topliss-reactive ketones (excluding diaryl/α,β-unsaturated/α-hetero) is 1. The number of hydrogen-bond acceptors (Lipinski definition) is 12. The number of fused-ring (bicyclic) bond motifs is 5. The van der Waals surface area contributed by atoms with Crippen LogP contribution in [0.5, 0.6) is 0 Å². The number of ether oxygens (including phenoxy) is 4. The fraction of sp³-hybridized carbons (Fsp3) is 0.812. The van der Waals surface area contributed by atoms with Gasteiger partial charge in [-0.05, 0) is 112 Å². The van der Waals surface area contributed by atoms with Crippen molar-refractivity contribution in [2.24, 2.45) is 63.1 Å². The highest BCUT2D eigenvalue weighted by molar-refractivity contribution is 5.92. The van der Waals surface area contributed by atoms with E-state index in [1.807, 2.05) is 19.9 Å². The predicted molar refractivity (Wildman–Crippen MR) is 216 cm³/mol. The van der Waals surface area contributed by atoms with Gasteiger partial charge in [-0.3, -0.25) is 14.9 Å². The second-order valence-corrected chi connectivity index (χ2v) is 22.3. The maximum Gasteiger partial charge on any atom is 0.339 e. The Morgan fingerprint density at radius 2 is 1.82 bits per heavy atom. The summed E-state index contributed by atoms with van der Waals surface area (Å²) in [4.78, 5) is 46.2. The largest absolute Gasteiger partial charge is 0.469 e. The lowest BCUT2D eigenvalue weighted by molar-refractivity contribution is -0.264. The maximum absolute atomic E-state index is 15.4. The van der Waals surface area contributed by atoms with Crippen LogP contribution < -0.4 is 5.32 Å². The molecule has 0 radical (unpaired) electrons. The Labute approximate surface area is 353 Å². The van der Waals surface area contributed by atoms with Crippen LogP contribution in [0.2, 0.25) is 0 Å². The Bertz CT molecular complexity index is 1980. The number of rotatable bonds is 8. The lowest BCUT2D eigenvalue weighted by Crippen LogP contribution is -2.77. The molecule has 12 heteroatoms. The fourth-order valence-corrected chi connectivity index (χ4v) is 16.5. The van der Waals surface area contributed by atoms with E-state index < -0.39 is 69.2 Å². The third-order valence-corrected chi connectivity index (χ3v) is 19.3. The first kappa shape index (κ1) is 40.0. The summed E-state index contributed by atoms with van der Waals surface area (Å²) in [5.41, 5.74) is -5.18. The van der Waals surface area contributed by atoms with Gasteiger partial charge in [0.1, 0.15) is 30.2 Å². The van der Waals surface area contributed by atoms with Crippen molar-refractivity contribution in [2.45, 2.75) is 153 Å². The van der Waals surface area contributed by atoms with E-state index in [1.165, 1.54) is 0 Å². The summed E-state index contributed by atoms with van der Waals surface area (Å²) < 4.78 is 33.2. The van der Waals surface area contributed by atoms with Crippen LogP contribution in [0.15, 0.2) is 29.0 Å². The second-order valence-electron chi connectivity index (χ2n) is 22.3. The van der Waals surface area contributed by atoms with Crippen LogP contribution in [0.3, 0.4) is 0 Å². The van der Waals surface area contributed by atoms with Crippen LogP contribution in [-0.4, -0.2) is 94.8 Å². The third-order valence-electron chi connectivity index (χ3n) is 19.3. The van der Waals surface area contributed by atoms with E-state index in [-0.39, 0.29) is 36.8 Å². The van der Waals surface area contributed by atoms with Crippen molar-refractivity contribution < 1.29 is 48.0 Å². The molecular weight excluding hydrogens is 765 g/mol. The molecule has 6 aliphatic heterocycles. The van der Waals surface area contributed by atoms with Crippen molar-refractivity contribution in [3.63, 3.8) is 0 Å². The van der Waals surface area contributed by atoms with Gasteiger partial charge in [0.2, 0.25) is 0 Å². The normalized spacial score (nSPS) is 48.7. The molecule has 0 bridgehead atoms. The Morgan fingerprint density at radius 1 is 1.02 bits per heavy atom. The van der Waals surface area contributed by atoms with Crippen LogP contribution in [0.25, 0.3) is 0 Å². The summed E-state index contributed by atoms with van der Waals surface area (Å²) in [5, 5.41) is 27.3. The number of allylic oxidation sites excluding steroid dienone is 1. The molecule has 0 aromatic carbocycles. The van der Waals surface area contributed by atoms with E-state index in [4.69, 9.17) is 23.4 Å². The number of ketones is 1. The molecule has 16 atom stereocenters. The zero-order chi connectivity index (χ0) is 41.8. The van der Waals surface area contributed by atoms with Gasteiger partial charge in [0.15, 0.2) is 11.9 Å². The Balaban J connectivity index is 0.945. The molecule has 3 spiro atoms. The van der Waals surface area contributed by atoms with Gasteiger partial charge in [-0.1, -0.05) is 46.6 Å². The standard InChI is InChI=1S/C48H66N2O10/c1-26(2)10-17-44(4)36-35(52)37(53)45(5)34(47(36)24-57-42(55)46(41(47)60-44)14-6-7-15-46)11-16-43(3)38(58-40(54)39-48(43,45)59-39)31-13-19-56-33(31)21-29(23-51)27-8-9-30-28(20-27)12-18-50-25-49-22-32(30)50/h12-13,18-19,26-30,32,34,36-39,41,49,51,53H,6-11,14-17,20-25H2,1-5H3/t27-,28+,29+,30+,32-,34-,36+,37+,38-,39+,41-,43-,44-,45-,47+,48+/m0/s1. The lowest BCUT2D eigenvalue weighted by Gasteiger charge is -2.67. The summed E-state index contributed by atoms with van der Waals surface area (Å²) in [6.45, 7) is 12.5. The van der Waals surface area contributed by atoms with Crippen molar-refractivity contribution in [3.8, 4) is 0 Å². The quantitative estimate of drug-likeness (QED) is 0.219. The Morgan fingerprint density at radius 3 is 2.58 bits per heavy atom. The van der Waals surface area contributed by atoms with Gasteiger partial charge in [0, 0.05) is 47.4 Å². The number of esters is 2. The van der Waals surface area contributed by atoms with Crippen LogP contribution in [0, 0.1) is 63.1 Å². The molecule has 9 fully saturated rings. The van der Waals surface area contributed by atoms with Gasteiger partial charge in [-0.2, -0.15) is 0 Å². The molecule has 3 N–H and O–H groups in total. The van der Waals surface area contributed by atoms with Crippen molar-refractivity contribution in [1.82, 2.24) is 10.2 Å². The van der Waals surface area contributed by atoms with Gasteiger partial charge in [0.25, 0.3) is 0 Å². The van der Waals surface area contributed by atoms with E-state index in [2.05, 4.69) is 43.3 Å². The number of furan rings is 1. The number of epoxide rings is 1. The molecule has 1 aromatic rings. The number of carbonyl (C=O) groups excluding carboxylic acids is 3. The molecule has 4 saturated carbocycles. The lowest BCUT2D eigenvalue weighted by atomic mass is 9.35. The molecule has 11 rings (SSSR count). The highest BCUT2D eigenvalue weighted by atomic mass is 16.7. The van der Waals surface area contributed by atoms with Crippen molar-refractivity contribution in [2.75, 3.05) is 26.4 Å². The molecule has 12 nitrogen and oxygen atoms in total. The summed E-state index contributed by atoms with van der Waals surface area (Å²) in [7, 11) is 0. The van der Waals surface area contributed by atoms with Crippen LogP contribution >= 0.6 is 0 Å². The monoisotopic (exact) mass is 830 g/mol. The number of cyclic esters (lactones) is 2. The molecule has 1 aromatic heterocycles. The summed E-state index contributed by atoms with van der Waals surface area (Å²) >= 11 is 0. The van der Waals surface area contributed by atoms with E-state index >= 15 is 4.79 Å². The molecule has 10 aliphatic rings. The summed E-state index contributed by atoms with van der Waals surface area (Å²) in [5.74, 6) is 0.422. The zero-order valence-corrected chi connectivity index (χ0v) is 36.2. The first-order valence-electron chi connectivity index (χ1n) is 23.5.